The van der Waals surface area contributed by atoms with Gasteiger partial charge in [0.2, 0.25) is 0 Å². The van der Waals surface area contributed by atoms with Gasteiger partial charge in [0.05, 0.1) is 6.61 Å². The van der Waals surface area contributed by atoms with Gasteiger partial charge in [0.15, 0.2) is 6.79 Å². The van der Waals surface area contributed by atoms with Gasteiger partial charge in [-0.15, -0.1) is 0 Å². The molecule has 5 nitrogen and oxygen atoms in total. The lowest BCUT2D eigenvalue weighted by Crippen LogP contribution is -2.19. The first-order chi connectivity index (χ1) is 9.33. The average Bonchev–Trinajstić information content (AvgIpc) is 2.34. The molecular weight excluding hydrogens is 279 g/mol. The highest BCUT2D eigenvalue weighted by molar-refractivity contribution is 5.93. The Labute approximate surface area is 113 Å². The molecule has 0 atom stereocenters. The van der Waals surface area contributed by atoms with Gasteiger partial charge in [-0.05, 0) is 19.1 Å². The van der Waals surface area contributed by atoms with Gasteiger partial charge in [0.25, 0.3) is 0 Å². The van der Waals surface area contributed by atoms with Crippen LogP contribution in [0.2, 0.25) is 0 Å². The molecule has 1 aromatic rings. The second-order valence-corrected chi connectivity index (χ2v) is 3.70. The Morgan fingerprint density at radius 1 is 1.35 bits per heavy atom. The van der Waals surface area contributed by atoms with Crippen LogP contribution in [-0.2, 0) is 9.47 Å². The summed E-state index contributed by atoms with van der Waals surface area (Å²) in [7, 11) is 0. The van der Waals surface area contributed by atoms with Crippen molar-refractivity contribution in [3.05, 3.63) is 23.8 Å². The van der Waals surface area contributed by atoms with E-state index < -0.39 is 25.5 Å². The molecule has 1 aromatic carbocycles. The lowest BCUT2D eigenvalue weighted by molar-refractivity contribution is -0.186. The average molecular weight is 293 g/mol. The quantitative estimate of drug-likeness (QED) is 0.377. The number of ether oxygens (including phenoxy) is 3. The van der Waals surface area contributed by atoms with Crippen molar-refractivity contribution in [3.63, 3.8) is 0 Å². The van der Waals surface area contributed by atoms with Gasteiger partial charge in [-0.2, -0.15) is 13.2 Å². The smallest absolute Gasteiger partial charge is 0.411 e. The number of halogens is 3. The molecular formula is C12H14F3NO4. The SMILES string of the molecule is CCOC(=O)c1ccc(N)cc1OCOCC(F)(F)F. The van der Waals surface area contributed by atoms with Crippen LogP contribution in [0.1, 0.15) is 17.3 Å². The zero-order valence-electron chi connectivity index (χ0n) is 10.7. The maximum Gasteiger partial charge on any atom is 0.411 e. The van der Waals surface area contributed by atoms with Crippen LogP contribution in [0.3, 0.4) is 0 Å². The Bertz CT molecular complexity index is 463. The number of hydrogen-bond donors (Lipinski definition) is 1. The van der Waals surface area contributed by atoms with Crippen molar-refractivity contribution in [3.8, 4) is 5.75 Å². The summed E-state index contributed by atoms with van der Waals surface area (Å²) in [5, 5.41) is 0. The van der Waals surface area contributed by atoms with Crippen LogP contribution in [0.15, 0.2) is 18.2 Å². The second kappa shape index (κ2) is 6.99. The van der Waals surface area contributed by atoms with E-state index in [2.05, 4.69) is 4.74 Å². The number of esters is 1. The molecule has 0 unspecified atom stereocenters. The molecule has 112 valence electrons. The van der Waals surface area contributed by atoms with E-state index in [1.165, 1.54) is 18.2 Å². The molecule has 1 rings (SSSR count). The van der Waals surface area contributed by atoms with E-state index in [0.717, 1.165) is 0 Å². The Balaban J connectivity index is 2.68. The Morgan fingerprint density at radius 2 is 2.05 bits per heavy atom. The summed E-state index contributed by atoms with van der Waals surface area (Å²) in [6, 6.07) is 4.13. The number of alkyl halides is 3. The maximum absolute atomic E-state index is 11.9. The van der Waals surface area contributed by atoms with Crippen LogP contribution in [0.5, 0.6) is 5.75 Å². The number of hydrogen-bond acceptors (Lipinski definition) is 5. The third-order valence-corrected chi connectivity index (χ3v) is 2.06. The van der Waals surface area contributed by atoms with Crippen LogP contribution in [-0.4, -0.2) is 32.2 Å². The van der Waals surface area contributed by atoms with Gasteiger partial charge in [-0.3, -0.25) is 0 Å². The fourth-order valence-corrected chi connectivity index (χ4v) is 1.30. The van der Waals surface area contributed by atoms with Crippen molar-refractivity contribution in [1.29, 1.82) is 0 Å². The van der Waals surface area contributed by atoms with Gasteiger partial charge in [-0.1, -0.05) is 0 Å². The number of nitrogen functional groups attached to an aromatic ring is 1. The van der Waals surface area contributed by atoms with Crippen LogP contribution < -0.4 is 10.5 Å². The molecule has 0 bridgehead atoms. The van der Waals surface area contributed by atoms with Crippen LogP contribution >= 0.6 is 0 Å². The van der Waals surface area contributed by atoms with E-state index >= 15 is 0 Å². The highest BCUT2D eigenvalue weighted by Gasteiger charge is 2.27. The van der Waals surface area contributed by atoms with Gasteiger partial charge < -0.3 is 19.9 Å². The van der Waals surface area contributed by atoms with Crippen molar-refractivity contribution in [2.24, 2.45) is 0 Å². The van der Waals surface area contributed by atoms with E-state index in [1.807, 2.05) is 0 Å². The molecule has 0 aromatic heterocycles. The second-order valence-electron chi connectivity index (χ2n) is 3.70. The lowest BCUT2D eigenvalue weighted by atomic mass is 10.2. The summed E-state index contributed by atoms with van der Waals surface area (Å²) >= 11 is 0. The molecule has 0 saturated heterocycles. The zero-order valence-corrected chi connectivity index (χ0v) is 10.7. The number of rotatable bonds is 6. The molecule has 0 heterocycles. The summed E-state index contributed by atoms with van der Waals surface area (Å²) < 4.78 is 49.7. The van der Waals surface area contributed by atoms with Crippen molar-refractivity contribution in [1.82, 2.24) is 0 Å². The Hall–Kier alpha value is -1.96. The molecule has 0 aliphatic carbocycles. The predicted molar refractivity (Wildman–Crippen MR) is 64.3 cm³/mol. The topological polar surface area (TPSA) is 70.8 Å². The van der Waals surface area contributed by atoms with Crippen LogP contribution in [0, 0.1) is 0 Å². The summed E-state index contributed by atoms with van der Waals surface area (Å²) in [4.78, 5) is 11.6. The summed E-state index contributed by atoms with van der Waals surface area (Å²) in [5.74, 6) is -0.649. The van der Waals surface area contributed by atoms with Crippen molar-refractivity contribution < 1.29 is 32.2 Å². The monoisotopic (exact) mass is 293 g/mol. The minimum Gasteiger partial charge on any atom is -0.467 e. The van der Waals surface area contributed by atoms with Gasteiger partial charge in [0, 0.05) is 11.8 Å². The van der Waals surface area contributed by atoms with E-state index in [1.54, 1.807) is 6.92 Å². The number of nitrogens with two attached hydrogens (primary N) is 1. The van der Waals surface area contributed by atoms with E-state index in [-0.39, 0.29) is 17.9 Å². The number of benzene rings is 1. The van der Waals surface area contributed by atoms with Gasteiger partial charge in [0.1, 0.15) is 17.9 Å². The van der Waals surface area contributed by atoms with Crippen molar-refractivity contribution >= 4 is 11.7 Å². The Kier molecular flexibility index (Phi) is 5.63. The van der Waals surface area contributed by atoms with E-state index in [9.17, 15) is 18.0 Å². The number of anilines is 1. The lowest BCUT2D eigenvalue weighted by Gasteiger charge is -2.12. The fraction of sp³-hybridized carbons (Fsp3) is 0.417. The molecule has 0 spiro atoms. The summed E-state index contributed by atoms with van der Waals surface area (Å²) in [6.45, 7) is -0.311. The third-order valence-electron chi connectivity index (χ3n) is 2.06. The number of carbonyl (C=O) groups excluding carboxylic acids is 1. The minimum atomic E-state index is -4.44. The van der Waals surface area contributed by atoms with Crippen molar-refractivity contribution in [2.45, 2.75) is 13.1 Å². The molecule has 2 N–H and O–H groups in total. The first-order valence-electron chi connectivity index (χ1n) is 5.67. The minimum absolute atomic E-state index is 0.00521. The first-order valence-corrected chi connectivity index (χ1v) is 5.67. The summed E-state index contributed by atoms with van der Waals surface area (Å²) in [6.07, 6.45) is -4.44. The molecule has 0 radical (unpaired) electrons. The van der Waals surface area contributed by atoms with E-state index in [4.69, 9.17) is 15.2 Å². The molecule has 8 heteroatoms. The van der Waals surface area contributed by atoms with E-state index in [0.29, 0.717) is 5.69 Å². The van der Waals surface area contributed by atoms with Gasteiger partial charge in [-0.25, -0.2) is 4.79 Å². The first kappa shape index (κ1) is 16.1. The molecule has 0 aliphatic rings. The van der Waals surface area contributed by atoms with Crippen molar-refractivity contribution in [2.75, 3.05) is 25.7 Å². The summed E-state index contributed by atoms with van der Waals surface area (Å²) in [5.41, 5.74) is 5.88. The largest absolute Gasteiger partial charge is 0.467 e. The molecule has 0 aliphatic heterocycles. The molecule has 0 amide bonds. The fourth-order valence-electron chi connectivity index (χ4n) is 1.30. The highest BCUT2D eigenvalue weighted by atomic mass is 19.4. The Morgan fingerprint density at radius 3 is 2.65 bits per heavy atom. The normalized spacial score (nSPS) is 11.2. The standard InChI is InChI=1S/C12H14F3NO4/c1-2-19-11(17)9-4-3-8(16)5-10(9)20-7-18-6-12(13,14)15/h3-5H,2,6-7,16H2,1H3. The highest BCUT2D eigenvalue weighted by Crippen LogP contribution is 2.23. The third kappa shape index (κ3) is 5.35. The van der Waals surface area contributed by atoms with Crippen LogP contribution in [0.4, 0.5) is 18.9 Å². The van der Waals surface area contributed by atoms with Gasteiger partial charge >= 0.3 is 12.1 Å². The molecule has 20 heavy (non-hydrogen) atoms. The molecule has 0 fully saturated rings. The zero-order chi connectivity index (χ0) is 15.2. The van der Waals surface area contributed by atoms with Crippen LogP contribution in [0.25, 0.3) is 0 Å². The number of carbonyl (C=O) groups is 1. The predicted octanol–water partition coefficient (Wildman–Crippen LogP) is 2.36. The maximum atomic E-state index is 11.9. The molecule has 0 saturated carbocycles.